The van der Waals surface area contributed by atoms with Crippen LogP contribution in [0.2, 0.25) is 0 Å². The van der Waals surface area contributed by atoms with Gasteiger partial charge in [0.2, 0.25) is 0 Å². The number of nitrogens with one attached hydrogen (secondary N) is 2. The number of rotatable bonds is 7. The first-order chi connectivity index (χ1) is 13.2. The van der Waals surface area contributed by atoms with E-state index in [1.165, 1.54) is 13.2 Å². The Morgan fingerprint density at radius 2 is 1.89 bits per heavy atom. The Labute approximate surface area is 165 Å². The predicted octanol–water partition coefficient (Wildman–Crippen LogP) is 3.57. The lowest BCUT2D eigenvalue weighted by atomic mass is 10.2. The van der Waals surface area contributed by atoms with Crippen molar-refractivity contribution < 1.29 is 22.6 Å². The van der Waals surface area contributed by atoms with Gasteiger partial charge in [0.15, 0.2) is 24.1 Å². The van der Waals surface area contributed by atoms with E-state index in [2.05, 4.69) is 20.6 Å². The van der Waals surface area contributed by atoms with E-state index >= 15 is 0 Å². The Hall–Kier alpha value is -2.49. The van der Waals surface area contributed by atoms with Gasteiger partial charge in [-0.15, -0.1) is 11.3 Å². The van der Waals surface area contributed by atoms with E-state index in [0.29, 0.717) is 19.0 Å². The highest BCUT2D eigenvalue weighted by atomic mass is 32.1. The first kappa shape index (κ1) is 21.8. The molecular weight excluding hydrogens is 393 g/mol. The maximum absolute atomic E-state index is 12.3. The van der Waals surface area contributed by atoms with Crippen LogP contribution in [0.15, 0.2) is 23.2 Å². The monoisotopic (exact) mass is 416 g/mol. The average molecular weight is 416 g/mol. The Bertz CT molecular complexity index is 822. The minimum absolute atomic E-state index is 0.0436. The Morgan fingerprint density at radius 1 is 1.18 bits per heavy atom. The maximum Gasteiger partial charge on any atom is 0.422 e. The van der Waals surface area contributed by atoms with Crippen molar-refractivity contribution in [1.82, 2.24) is 15.6 Å². The molecule has 0 aliphatic rings. The molecule has 0 saturated heterocycles. The Balaban J connectivity index is 1.93. The number of benzene rings is 1. The standard InChI is InChI=1S/C18H23F3N4O2S/c1-11-16(28-12(2)25-11)9-24-17(22-3)23-8-13-5-6-14(15(7-13)26-4)27-10-18(19,20)21/h5-7H,8-10H2,1-4H3,(H2,22,23,24). The van der Waals surface area contributed by atoms with Crippen LogP contribution in [-0.4, -0.2) is 37.9 Å². The molecule has 10 heteroatoms. The molecule has 0 amide bonds. The number of alkyl halides is 3. The summed E-state index contributed by atoms with van der Waals surface area (Å²) in [6.07, 6.45) is -4.40. The molecule has 2 aromatic rings. The zero-order valence-corrected chi connectivity index (χ0v) is 16.9. The number of hydrogen-bond donors (Lipinski definition) is 2. The van der Waals surface area contributed by atoms with E-state index in [1.807, 2.05) is 13.8 Å². The van der Waals surface area contributed by atoms with Gasteiger partial charge < -0.3 is 20.1 Å². The second kappa shape index (κ2) is 9.63. The highest BCUT2D eigenvalue weighted by molar-refractivity contribution is 7.11. The summed E-state index contributed by atoms with van der Waals surface area (Å²) < 4.78 is 46.9. The Kier molecular flexibility index (Phi) is 7.50. The van der Waals surface area contributed by atoms with Gasteiger partial charge in [-0.1, -0.05) is 6.07 Å². The van der Waals surface area contributed by atoms with Crippen LogP contribution in [0.4, 0.5) is 13.2 Å². The molecule has 0 bridgehead atoms. The fraction of sp³-hybridized carbons (Fsp3) is 0.444. The highest BCUT2D eigenvalue weighted by Crippen LogP contribution is 2.29. The van der Waals surface area contributed by atoms with Crippen LogP contribution in [0.25, 0.3) is 0 Å². The summed E-state index contributed by atoms with van der Waals surface area (Å²) in [6.45, 7) is 3.57. The molecule has 0 aliphatic heterocycles. The number of aromatic nitrogens is 1. The minimum Gasteiger partial charge on any atom is -0.493 e. The van der Waals surface area contributed by atoms with Crippen molar-refractivity contribution in [2.75, 3.05) is 20.8 Å². The van der Waals surface area contributed by atoms with E-state index < -0.39 is 12.8 Å². The van der Waals surface area contributed by atoms with Crippen LogP contribution in [0.5, 0.6) is 11.5 Å². The van der Waals surface area contributed by atoms with E-state index in [4.69, 9.17) is 9.47 Å². The second-order valence-electron chi connectivity index (χ2n) is 5.91. The number of aliphatic imine (C=N–C) groups is 1. The number of ether oxygens (including phenoxy) is 2. The number of nitrogens with zero attached hydrogens (tertiary/aromatic N) is 2. The fourth-order valence-electron chi connectivity index (χ4n) is 2.41. The van der Waals surface area contributed by atoms with Crippen LogP contribution in [0.3, 0.4) is 0 Å². The normalized spacial score (nSPS) is 12.0. The van der Waals surface area contributed by atoms with Gasteiger partial charge in [-0.3, -0.25) is 4.99 Å². The molecule has 1 aromatic heterocycles. The molecule has 0 radical (unpaired) electrons. The number of guanidine groups is 1. The molecule has 0 unspecified atom stereocenters. The van der Waals surface area contributed by atoms with Gasteiger partial charge in [0, 0.05) is 18.5 Å². The molecular formula is C18H23F3N4O2S. The fourth-order valence-corrected chi connectivity index (χ4v) is 3.29. The molecule has 6 nitrogen and oxygen atoms in total. The molecule has 154 valence electrons. The minimum atomic E-state index is -4.40. The van der Waals surface area contributed by atoms with Crippen molar-refractivity contribution in [2.45, 2.75) is 33.1 Å². The largest absolute Gasteiger partial charge is 0.493 e. The molecule has 1 aromatic carbocycles. The Morgan fingerprint density at radius 3 is 2.46 bits per heavy atom. The van der Waals surface area contributed by atoms with Crippen molar-refractivity contribution in [3.05, 3.63) is 39.3 Å². The zero-order chi connectivity index (χ0) is 20.7. The predicted molar refractivity (Wildman–Crippen MR) is 103 cm³/mol. The van der Waals surface area contributed by atoms with Gasteiger partial charge in [0.25, 0.3) is 0 Å². The van der Waals surface area contributed by atoms with Gasteiger partial charge in [0.1, 0.15) is 0 Å². The number of hydrogen-bond acceptors (Lipinski definition) is 5. The van der Waals surface area contributed by atoms with E-state index in [-0.39, 0.29) is 11.5 Å². The third-order valence-corrected chi connectivity index (χ3v) is 4.79. The van der Waals surface area contributed by atoms with Gasteiger partial charge in [-0.05, 0) is 31.5 Å². The summed E-state index contributed by atoms with van der Waals surface area (Å²) in [5, 5.41) is 7.38. The SMILES string of the molecule is CN=C(NCc1ccc(OCC(F)(F)F)c(OC)c1)NCc1sc(C)nc1C. The van der Waals surface area contributed by atoms with Crippen molar-refractivity contribution in [3.63, 3.8) is 0 Å². The highest BCUT2D eigenvalue weighted by Gasteiger charge is 2.29. The molecule has 28 heavy (non-hydrogen) atoms. The molecule has 0 fully saturated rings. The van der Waals surface area contributed by atoms with Crippen molar-refractivity contribution in [3.8, 4) is 11.5 Å². The molecule has 2 rings (SSSR count). The summed E-state index contributed by atoms with van der Waals surface area (Å²) in [7, 11) is 3.04. The van der Waals surface area contributed by atoms with Crippen LogP contribution in [0.1, 0.15) is 21.1 Å². The van der Waals surface area contributed by atoms with Gasteiger partial charge >= 0.3 is 6.18 Å². The van der Waals surface area contributed by atoms with E-state index in [0.717, 1.165) is 21.1 Å². The topological polar surface area (TPSA) is 67.8 Å². The first-order valence-electron chi connectivity index (χ1n) is 8.45. The maximum atomic E-state index is 12.3. The van der Waals surface area contributed by atoms with Gasteiger partial charge in [-0.25, -0.2) is 4.98 Å². The van der Waals surface area contributed by atoms with Crippen LogP contribution < -0.4 is 20.1 Å². The lowest BCUT2D eigenvalue weighted by Gasteiger charge is -2.15. The number of thiazole rings is 1. The molecule has 1 heterocycles. The third kappa shape index (κ3) is 6.59. The summed E-state index contributed by atoms with van der Waals surface area (Å²) >= 11 is 1.63. The van der Waals surface area contributed by atoms with Crippen molar-refractivity contribution in [2.24, 2.45) is 4.99 Å². The summed E-state index contributed by atoms with van der Waals surface area (Å²) in [5.74, 6) is 0.881. The summed E-state index contributed by atoms with van der Waals surface area (Å²) in [6, 6.07) is 4.76. The second-order valence-corrected chi connectivity index (χ2v) is 7.20. The van der Waals surface area contributed by atoms with E-state index in [9.17, 15) is 13.2 Å². The average Bonchev–Trinajstić information content (AvgIpc) is 2.97. The lowest BCUT2D eigenvalue weighted by molar-refractivity contribution is -0.153. The van der Waals surface area contributed by atoms with Crippen LogP contribution in [0, 0.1) is 13.8 Å². The third-order valence-electron chi connectivity index (χ3n) is 3.72. The smallest absolute Gasteiger partial charge is 0.422 e. The number of halogens is 3. The van der Waals surface area contributed by atoms with Gasteiger partial charge in [0.05, 0.1) is 24.4 Å². The number of methoxy groups -OCH3 is 1. The summed E-state index contributed by atoms with van der Waals surface area (Å²) in [5.41, 5.74) is 1.80. The molecule has 0 spiro atoms. The van der Waals surface area contributed by atoms with Crippen molar-refractivity contribution >= 4 is 17.3 Å². The first-order valence-corrected chi connectivity index (χ1v) is 9.27. The quantitative estimate of drug-likeness (QED) is 0.534. The van der Waals surface area contributed by atoms with Crippen molar-refractivity contribution in [1.29, 1.82) is 0 Å². The van der Waals surface area contributed by atoms with Crippen LogP contribution in [-0.2, 0) is 13.1 Å². The molecule has 0 saturated carbocycles. The molecule has 0 atom stereocenters. The van der Waals surface area contributed by atoms with Crippen LogP contribution >= 0.6 is 11.3 Å². The zero-order valence-electron chi connectivity index (χ0n) is 16.1. The summed E-state index contributed by atoms with van der Waals surface area (Å²) in [4.78, 5) is 9.69. The lowest BCUT2D eigenvalue weighted by Crippen LogP contribution is -2.36. The number of aryl methyl sites for hydroxylation is 2. The molecule has 2 N–H and O–H groups in total. The van der Waals surface area contributed by atoms with E-state index in [1.54, 1.807) is 30.5 Å². The van der Waals surface area contributed by atoms with Gasteiger partial charge in [-0.2, -0.15) is 13.2 Å². The molecule has 0 aliphatic carbocycles.